The van der Waals surface area contributed by atoms with E-state index in [9.17, 15) is 4.79 Å². The second-order valence-corrected chi connectivity index (χ2v) is 6.07. The number of carbonyl (C=O) groups excluding carboxylic acids is 1. The fourth-order valence-electron chi connectivity index (χ4n) is 2.43. The molecule has 0 aliphatic heterocycles. The number of hydrogen-bond donors (Lipinski definition) is 1. The van der Waals surface area contributed by atoms with Crippen molar-refractivity contribution in [3.05, 3.63) is 90.1 Å². The maximum absolute atomic E-state index is 12.2. The Morgan fingerprint density at radius 1 is 1.00 bits per heavy atom. The lowest BCUT2D eigenvalue weighted by molar-refractivity contribution is -0.132. The highest BCUT2D eigenvalue weighted by molar-refractivity contribution is 5.80. The van der Waals surface area contributed by atoms with Crippen molar-refractivity contribution in [2.24, 2.45) is 0 Å². The molecule has 0 saturated carbocycles. The number of hydrogen-bond acceptors (Lipinski definition) is 4. The van der Waals surface area contributed by atoms with Gasteiger partial charge in [-0.05, 0) is 36.2 Å². The van der Waals surface area contributed by atoms with Crippen LogP contribution in [0.4, 0.5) is 0 Å². The molecule has 5 nitrogen and oxygen atoms in total. The van der Waals surface area contributed by atoms with Crippen LogP contribution in [0.3, 0.4) is 0 Å². The van der Waals surface area contributed by atoms with Crippen LogP contribution in [-0.2, 0) is 22.7 Å². The molecule has 1 atom stereocenters. The van der Waals surface area contributed by atoms with E-state index in [0.29, 0.717) is 24.8 Å². The number of carbonyl (C=O) groups is 1. The highest BCUT2D eigenvalue weighted by Gasteiger charge is 2.13. The lowest BCUT2D eigenvalue weighted by Gasteiger charge is -2.14. The van der Waals surface area contributed by atoms with Crippen LogP contribution in [0.15, 0.2) is 79.0 Å². The van der Waals surface area contributed by atoms with Crippen LogP contribution in [0, 0.1) is 0 Å². The Labute approximate surface area is 159 Å². The van der Waals surface area contributed by atoms with Crippen LogP contribution < -0.4 is 10.1 Å². The van der Waals surface area contributed by atoms with Gasteiger partial charge < -0.3 is 14.8 Å². The second-order valence-electron chi connectivity index (χ2n) is 6.07. The normalized spacial score (nSPS) is 11.6. The van der Waals surface area contributed by atoms with Crippen molar-refractivity contribution in [3.8, 4) is 11.6 Å². The Morgan fingerprint density at radius 3 is 2.44 bits per heavy atom. The zero-order chi connectivity index (χ0) is 18.9. The van der Waals surface area contributed by atoms with Crippen molar-refractivity contribution in [1.82, 2.24) is 10.3 Å². The summed E-state index contributed by atoms with van der Waals surface area (Å²) in [5.74, 6) is 1.05. The molecule has 1 aromatic heterocycles. The first-order valence-electron chi connectivity index (χ1n) is 8.82. The summed E-state index contributed by atoms with van der Waals surface area (Å²) in [5.41, 5.74) is 1.94. The third-order valence-corrected chi connectivity index (χ3v) is 3.94. The van der Waals surface area contributed by atoms with E-state index in [1.54, 1.807) is 13.1 Å². The zero-order valence-electron chi connectivity index (χ0n) is 15.2. The molecule has 27 heavy (non-hydrogen) atoms. The van der Waals surface area contributed by atoms with Crippen molar-refractivity contribution in [1.29, 1.82) is 0 Å². The number of benzene rings is 2. The molecule has 3 aromatic rings. The van der Waals surface area contributed by atoms with Crippen LogP contribution in [0.2, 0.25) is 0 Å². The summed E-state index contributed by atoms with van der Waals surface area (Å²) >= 11 is 0. The Kier molecular flexibility index (Phi) is 6.55. The summed E-state index contributed by atoms with van der Waals surface area (Å²) in [6, 6.07) is 22.9. The molecule has 0 bridgehead atoms. The fourth-order valence-corrected chi connectivity index (χ4v) is 2.43. The van der Waals surface area contributed by atoms with Crippen molar-refractivity contribution in [2.45, 2.75) is 26.2 Å². The van der Waals surface area contributed by atoms with Gasteiger partial charge in [-0.25, -0.2) is 4.98 Å². The van der Waals surface area contributed by atoms with Gasteiger partial charge >= 0.3 is 0 Å². The quantitative estimate of drug-likeness (QED) is 0.655. The second kappa shape index (κ2) is 9.50. The van der Waals surface area contributed by atoms with Crippen LogP contribution in [0.1, 0.15) is 18.1 Å². The topological polar surface area (TPSA) is 60.5 Å². The minimum Gasteiger partial charge on any atom is -0.439 e. The monoisotopic (exact) mass is 362 g/mol. The van der Waals surface area contributed by atoms with Crippen LogP contribution in [-0.4, -0.2) is 17.0 Å². The fraction of sp³-hybridized carbons (Fsp3) is 0.182. The molecule has 1 heterocycles. The first kappa shape index (κ1) is 18.6. The predicted molar refractivity (Wildman–Crippen MR) is 103 cm³/mol. The molecule has 0 radical (unpaired) electrons. The van der Waals surface area contributed by atoms with Crippen molar-refractivity contribution < 1.29 is 14.3 Å². The van der Waals surface area contributed by atoms with E-state index in [4.69, 9.17) is 9.47 Å². The number of para-hydroxylation sites is 1. The molecule has 1 amide bonds. The van der Waals surface area contributed by atoms with Gasteiger partial charge in [0.05, 0.1) is 6.61 Å². The minimum atomic E-state index is -0.535. The Bertz CT molecular complexity index is 854. The minimum absolute atomic E-state index is 0.159. The summed E-state index contributed by atoms with van der Waals surface area (Å²) in [7, 11) is 0. The number of nitrogens with zero attached hydrogens (tertiary/aromatic N) is 1. The zero-order valence-corrected chi connectivity index (χ0v) is 15.2. The average molecular weight is 362 g/mol. The van der Waals surface area contributed by atoms with Gasteiger partial charge in [0, 0.05) is 18.8 Å². The van der Waals surface area contributed by atoms with Gasteiger partial charge in [-0.3, -0.25) is 4.79 Å². The third-order valence-electron chi connectivity index (χ3n) is 3.94. The lowest BCUT2D eigenvalue weighted by atomic mass is 10.2. The van der Waals surface area contributed by atoms with E-state index in [1.807, 2.05) is 72.8 Å². The Hall–Kier alpha value is -3.18. The van der Waals surface area contributed by atoms with Gasteiger partial charge in [0.15, 0.2) is 0 Å². The summed E-state index contributed by atoms with van der Waals surface area (Å²) in [6.45, 7) is 2.53. The third kappa shape index (κ3) is 5.94. The Morgan fingerprint density at radius 2 is 1.70 bits per heavy atom. The molecule has 1 N–H and O–H groups in total. The molecule has 138 valence electrons. The number of rotatable bonds is 8. The van der Waals surface area contributed by atoms with E-state index in [-0.39, 0.29) is 5.91 Å². The highest BCUT2D eigenvalue weighted by Crippen LogP contribution is 2.19. The number of pyridine rings is 1. The molecule has 0 aliphatic rings. The highest BCUT2D eigenvalue weighted by atomic mass is 16.5. The van der Waals surface area contributed by atoms with Gasteiger partial charge in [-0.15, -0.1) is 0 Å². The standard InChI is InChI=1S/C22H22N2O3/c1-17(26-16-18-8-4-2-5-9-18)22(25)24-15-19-12-13-23-21(14-19)27-20-10-6-3-7-11-20/h2-14,17H,15-16H2,1H3,(H,24,25)/t17-/m1/s1. The van der Waals surface area contributed by atoms with Crippen molar-refractivity contribution in [2.75, 3.05) is 0 Å². The molecular formula is C22H22N2O3. The first-order valence-corrected chi connectivity index (χ1v) is 8.82. The van der Waals surface area contributed by atoms with E-state index < -0.39 is 6.10 Å². The Balaban J connectivity index is 1.49. The summed E-state index contributed by atoms with van der Waals surface area (Å²) in [6.07, 6.45) is 1.13. The molecule has 5 heteroatoms. The molecule has 0 unspecified atom stereocenters. The molecule has 0 saturated heterocycles. The van der Waals surface area contributed by atoms with Gasteiger partial charge in [0.25, 0.3) is 0 Å². The van der Waals surface area contributed by atoms with E-state index in [0.717, 1.165) is 11.1 Å². The van der Waals surface area contributed by atoms with Gasteiger partial charge in [0.1, 0.15) is 11.9 Å². The molecule has 2 aromatic carbocycles. The average Bonchev–Trinajstić information content (AvgIpc) is 2.72. The van der Waals surface area contributed by atoms with Gasteiger partial charge in [-0.2, -0.15) is 0 Å². The van der Waals surface area contributed by atoms with Crippen molar-refractivity contribution >= 4 is 5.91 Å². The summed E-state index contributed by atoms with van der Waals surface area (Å²) in [5, 5.41) is 2.88. The number of amides is 1. The van der Waals surface area contributed by atoms with E-state index in [2.05, 4.69) is 10.3 Å². The maximum Gasteiger partial charge on any atom is 0.249 e. The molecule has 0 fully saturated rings. The SMILES string of the molecule is C[C@@H](OCc1ccccc1)C(=O)NCc1ccnc(Oc2ccccc2)c1. The van der Waals surface area contributed by atoms with E-state index in [1.165, 1.54) is 0 Å². The van der Waals surface area contributed by atoms with Crippen LogP contribution >= 0.6 is 0 Å². The van der Waals surface area contributed by atoms with Gasteiger partial charge in [0.2, 0.25) is 11.8 Å². The lowest BCUT2D eigenvalue weighted by Crippen LogP contribution is -2.34. The van der Waals surface area contributed by atoms with Gasteiger partial charge in [-0.1, -0.05) is 48.5 Å². The number of ether oxygens (including phenoxy) is 2. The number of aromatic nitrogens is 1. The smallest absolute Gasteiger partial charge is 0.249 e. The molecule has 0 aliphatic carbocycles. The maximum atomic E-state index is 12.2. The predicted octanol–water partition coefficient (Wildman–Crippen LogP) is 4.10. The summed E-state index contributed by atoms with van der Waals surface area (Å²) in [4.78, 5) is 16.4. The summed E-state index contributed by atoms with van der Waals surface area (Å²) < 4.78 is 11.3. The molecule has 0 spiro atoms. The number of nitrogens with one attached hydrogen (secondary N) is 1. The van der Waals surface area contributed by atoms with Crippen molar-refractivity contribution in [3.63, 3.8) is 0 Å². The first-order chi connectivity index (χ1) is 13.2. The molecular weight excluding hydrogens is 340 g/mol. The molecule has 3 rings (SSSR count). The van der Waals surface area contributed by atoms with E-state index >= 15 is 0 Å². The van der Waals surface area contributed by atoms with Crippen LogP contribution in [0.5, 0.6) is 11.6 Å². The largest absolute Gasteiger partial charge is 0.439 e. The van der Waals surface area contributed by atoms with Crippen LogP contribution in [0.25, 0.3) is 0 Å².